The molecule has 0 aromatic heterocycles. The highest BCUT2D eigenvalue weighted by atomic mass is 79.9. The summed E-state index contributed by atoms with van der Waals surface area (Å²) in [6.07, 6.45) is 1.58. The first-order valence-electron chi connectivity index (χ1n) is 6.87. The molecular formula is C16H22BrNO. The van der Waals surface area contributed by atoms with E-state index in [1.54, 1.807) is 0 Å². The Bertz CT molecular complexity index is 447. The van der Waals surface area contributed by atoms with Crippen molar-refractivity contribution in [1.82, 2.24) is 4.90 Å². The third kappa shape index (κ3) is 3.82. The van der Waals surface area contributed by atoms with Crippen molar-refractivity contribution in [1.29, 1.82) is 0 Å². The van der Waals surface area contributed by atoms with E-state index >= 15 is 0 Å². The first kappa shape index (κ1) is 14.6. The SMILES string of the molecule is CC(C)(C)c1ccc(CCN2CC(Br)CC2=O)cc1. The van der Waals surface area contributed by atoms with Gasteiger partial charge in [-0.05, 0) is 23.0 Å². The Balaban J connectivity index is 1.92. The van der Waals surface area contributed by atoms with Gasteiger partial charge in [0.25, 0.3) is 0 Å². The lowest BCUT2D eigenvalue weighted by atomic mass is 9.86. The fourth-order valence-corrected chi connectivity index (χ4v) is 3.00. The van der Waals surface area contributed by atoms with E-state index in [1.807, 2.05) is 4.90 Å². The molecule has 104 valence electrons. The van der Waals surface area contributed by atoms with E-state index in [0.717, 1.165) is 19.5 Å². The minimum atomic E-state index is 0.201. The summed E-state index contributed by atoms with van der Waals surface area (Å²) in [5.41, 5.74) is 2.86. The molecule has 1 saturated heterocycles. The molecule has 0 N–H and O–H groups in total. The van der Waals surface area contributed by atoms with Gasteiger partial charge in [0.2, 0.25) is 5.91 Å². The molecule has 0 aliphatic carbocycles. The monoisotopic (exact) mass is 323 g/mol. The van der Waals surface area contributed by atoms with Crippen LogP contribution in [0.4, 0.5) is 0 Å². The van der Waals surface area contributed by atoms with E-state index in [2.05, 4.69) is 61.0 Å². The van der Waals surface area contributed by atoms with Gasteiger partial charge in [0.15, 0.2) is 0 Å². The van der Waals surface area contributed by atoms with Gasteiger partial charge in [-0.1, -0.05) is 61.0 Å². The molecule has 1 unspecified atom stereocenters. The van der Waals surface area contributed by atoms with Gasteiger partial charge < -0.3 is 4.90 Å². The number of nitrogens with zero attached hydrogens (tertiary/aromatic N) is 1. The molecule has 1 aromatic carbocycles. The van der Waals surface area contributed by atoms with Crippen LogP contribution in [0.25, 0.3) is 0 Å². The lowest BCUT2D eigenvalue weighted by molar-refractivity contribution is -0.127. The maximum absolute atomic E-state index is 11.7. The first-order valence-corrected chi connectivity index (χ1v) is 7.79. The average Bonchev–Trinajstić information content (AvgIpc) is 2.65. The third-order valence-electron chi connectivity index (χ3n) is 3.66. The van der Waals surface area contributed by atoms with Crippen molar-refractivity contribution in [2.45, 2.75) is 43.9 Å². The highest BCUT2D eigenvalue weighted by molar-refractivity contribution is 9.09. The number of halogens is 1. The standard InChI is InChI=1S/C16H22BrNO/c1-16(2,3)13-6-4-12(5-7-13)8-9-18-11-14(17)10-15(18)19/h4-7,14H,8-11H2,1-3H3. The molecule has 1 heterocycles. The number of benzene rings is 1. The third-order valence-corrected chi connectivity index (χ3v) is 4.27. The number of alkyl halides is 1. The zero-order valence-corrected chi connectivity index (χ0v) is 13.5. The molecule has 2 nitrogen and oxygen atoms in total. The summed E-state index contributed by atoms with van der Waals surface area (Å²) in [6.45, 7) is 8.35. The van der Waals surface area contributed by atoms with Crippen LogP contribution in [0.5, 0.6) is 0 Å². The number of carbonyl (C=O) groups is 1. The Morgan fingerprint density at radius 2 is 1.89 bits per heavy atom. The smallest absolute Gasteiger partial charge is 0.223 e. The van der Waals surface area contributed by atoms with Crippen molar-refractivity contribution in [3.05, 3.63) is 35.4 Å². The Kier molecular flexibility index (Phi) is 4.34. The molecule has 1 amide bonds. The molecule has 2 rings (SSSR count). The molecule has 1 fully saturated rings. The summed E-state index contributed by atoms with van der Waals surface area (Å²) < 4.78 is 0. The van der Waals surface area contributed by atoms with Crippen molar-refractivity contribution >= 4 is 21.8 Å². The Morgan fingerprint density at radius 3 is 2.37 bits per heavy atom. The van der Waals surface area contributed by atoms with Gasteiger partial charge in [0.05, 0.1) is 0 Å². The molecular weight excluding hydrogens is 302 g/mol. The quantitative estimate of drug-likeness (QED) is 0.779. The number of rotatable bonds is 3. The summed E-state index contributed by atoms with van der Waals surface area (Å²) in [7, 11) is 0. The normalized spacial score (nSPS) is 20.1. The van der Waals surface area contributed by atoms with E-state index in [1.165, 1.54) is 11.1 Å². The van der Waals surface area contributed by atoms with Crippen LogP contribution >= 0.6 is 15.9 Å². The van der Waals surface area contributed by atoms with E-state index in [-0.39, 0.29) is 11.3 Å². The molecule has 3 heteroatoms. The van der Waals surface area contributed by atoms with Crippen molar-refractivity contribution in [3.63, 3.8) is 0 Å². The Morgan fingerprint density at radius 1 is 1.26 bits per heavy atom. The van der Waals surface area contributed by atoms with Crippen LogP contribution in [0.15, 0.2) is 24.3 Å². The first-order chi connectivity index (χ1) is 8.86. The summed E-state index contributed by atoms with van der Waals surface area (Å²) in [5, 5.41) is 0. The van der Waals surface area contributed by atoms with Gasteiger partial charge in [0, 0.05) is 24.3 Å². The number of carbonyl (C=O) groups excluding carboxylic acids is 1. The molecule has 1 aliphatic rings. The van der Waals surface area contributed by atoms with Crippen LogP contribution in [-0.4, -0.2) is 28.7 Å². The van der Waals surface area contributed by atoms with Gasteiger partial charge in [-0.2, -0.15) is 0 Å². The number of likely N-dealkylation sites (tertiary alicyclic amines) is 1. The van der Waals surface area contributed by atoms with Gasteiger partial charge in [0.1, 0.15) is 0 Å². The predicted octanol–water partition coefficient (Wildman–Crippen LogP) is 3.52. The van der Waals surface area contributed by atoms with Gasteiger partial charge in [-0.15, -0.1) is 0 Å². The molecule has 0 saturated carbocycles. The van der Waals surface area contributed by atoms with Gasteiger partial charge in [-0.3, -0.25) is 4.79 Å². The minimum absolute atomic E-state index is 0.201. The summed E-state index contributed by atoms with van der Waals surface area (Å²) in [5.74, 6) is 0.271. The van der Waals surface area contributed by atoms with Gasteiger partial charge in [-0.25, -0.2) is 0 Å². The van der Waals surface area contributed by atoms with Crippen molar-refractivity contribution in [2.75, 3.05) is 13.1 Å². The van der Waals surface area contributed by atoms with Crippen molar-refractivity contribution in [3.8, 4) is 0 Å². The Hall–Kier alpha value is -0.830. The highest BCUT2D eigenvalue weighted by Crippen LogP contribution is 2.23. The molecule has 19 heavy (non-hydrogen) atoms. The molecule has 0 bridgehead atoms. The zero-order chi connectivity index (χ0) is 14.0. The summed E-state index contributed by atoms with van der Waals surface area (Å²) in [6, 6.07) is 8.78. The van der Waals surface area contributed by atoms with Gasteiger partial charge >= 0.3 is 0 Å². The largest absolute Gasteiger partial charge is 0.341 e. The maximum Gasteiger partial charge on any atom is 0.223 e. The molecule has 0 radical (unpaired) electrons. The lowest BCUT2D eigenvalue weighted by Gasteiger charge is -2.20. The predicted molar refractivity (Wildman–Crippen MR) is 82.8 cm³/mol. The lowest BCUT2D eigenvalue weighted by Crippen LogP contribution is -2.27. The topological polar surface area (TPSA) is 20.3 Å². The Labute approximate surface area is 124 Å². The second kappa shape index (κ2) is 5.66. The molecule has 1 atom stereocenters. The van der Waals surface area contributed by atoms with E-state index in [9.17, 15) is 4.79 Å². The van der Waals surface area contributed by atoms with E-state index in [0.29, 0.717) is 11.2 Å². The molecule has 0 spiro atoms. The van der Waals surface area contributed by atoms with E-state index in [4.69, 9.17) is 0 Å². The van der Waals surface area contributed by atoms with Crippen LogP contribution in [0, 0.1) is 0 Å². The minimum Gasteiger partial charge on any atom is -0.341 e. The number of hydrogen-bond donors (Lipinski definition) is 0. The number of hydrogen-bond acceptors (Lipinski definition) is 1. The van der Waals surface area contributed by atoms with Crippen LogP contribution in [0.2, 0.25) is 0 Å². The fraction of sp³-hybridized carbons (Fsp3) is 0.562. The zero-order valence-electron chi connectivity index (χ0n) is 11.9. The van der Waals surface area contributed by atoms with Crippen LogP contribution < -0.4 is 0 Å². The summed E-state index contributed by atoms with van der Waals surface area (Å²) in [4.78, 5) is 14.0. The average molecular weight is 324 g/mol. The van der Waals surface area contributed by atoms with Crippen molar-refractivity contribution < 1.29 is 4.79 Å². The van der Waals surface area contributed by atoms with Crippen LogP contribution in [0.1, 0.15) is 38.3 Å². The second-order valence-electron chi connectivity index (χ2n) is 6.34. The van der Waals surface area contributed by atoms with E-state index < -0.39 is 0 Å². The molecule has 1 aromatic rings. The van der Waals surface area contributed by atoms with Crippen molar-refractivity contribution in [2.24, 2.45) is 0 Å². The highest BCUT2D eigenvalue weighted by Gasteiger charge is 2.26. The van der Waals surface area contributed by atoms with Crippen LogP contribution in [-0.2, 0) is 16.6 Å². The summed E-state index contributed by atoms with van der Waals surface area (Å²) >= 11 is 3.51. The maximum atomic E-state index is 11.7. The molecule has 1 aliphatic heterocycles. The number of amides is 1. The second-order valence-corrected chi connectivity index (χ2v) is 7.63. The fourth-order valence-electron chi connectivity index (χ4n) is 2.38. The van der Waals surface area contributed by atoms with Crippen LogP contribution in [0.3, 0.4) is 0 Å².